The van der Waals surface area contributed by atoms with Crippen LogP contribution >= 0.6 is 7.60 Å². The Morgan fingerprint density at radius 2 is 1.62 bits per heavy atom. The average molecular weight is 314 g/mol. The second kappa shape index (κ2) is 7.07. The van der Waals surface area contributed by atoms with Gasteiger partial charge in [0.1, 0.15) is 6.29 Å². The van der Waals surface area contributed by atoms with Gasteiger partial charge in [-0.25, -0.2) is 4.79 Å². The van der Waals surface area contributed by atoms with Crippen LogP contribution in [0.4, 0.5) is 10.5 Å². The first-order valence-corrected chi connectivity index (χ1v) is 8.63. The molecule has 118 valence electrons. The largest absolute Gasteiger partial charge is 0.344 e. The summed E-state index contributed by atoms with van der Waals surface area (Å²) in [6.07, 6.45) is -0.681. The number of nitrogens with one attached hydrogen (secondary N) is 2. The van der Waals surface area contributed by atoms with Crippen molar-refractivity contribution in [2.75, 3.05) is 11.6 Å². The van der Waals surface area contributed by atoms with E-state index in [1.807, 2.05) is 45.9 Å². The fraction of sp³-hybridized carbons (Fsp3) is 0.500. The number of carbonyl (C=O) groups is 1. The van der Waals surface area contributed by atoms with Crippen LogP contribution in [0, 0.1) is 0 Å². The highest BCUT2D eigenvalue weighted by Crippen LogP contribution is 2.33. The Hall–Kier alpha value is -1.36. The highest BCUT2D eigenvalue weighted by molar-refractivity contribution is 7.51. The van der Waals surface area contributed by atoms with Crippen molar-refractivity contribution in [3.63, 3.8) is 0 Å². The van der Waals surface area contributed by atoms with Gasteiger partial charge in [-0.15, -0.1) is 0 Å². The maximum absolute atomic E-state index is 11.8. The summed E-state index contributed by atoms with van der Waals surface area (Å²) in [5, 5.41) is 4.91. The number of rotatable bonds is 5. The quantitative estimate of drug-likeness (QED) is 0.627. The van der Waals surface area contributed by atoms with Gasteiger partial charge >= 0.3 is 13.6 Å². The molecule has 1 aromatic carbocycles. The lowest BCUT2D eigenvalue weighted by Gasteiger charge is -2.20. The van der Waals surface area contributed by atoms with Crippen LogP contribution in [0.5, 0.6) is 0 Å². The molecule has 4 N–H and O–H groups in total. The topological polar surface area (TPSA) is 98.7 Å². The SMILES string of the molecule is CC(C)c1cccc(C(C)C)c1NC(=O)NCP(=O)(O)O. The van der Waals surface area contributed by atoms with Gasteiger partial charge in [0, 0.05) is 5.69 Å². The molecule has 0 unspecified atom stereocenters. The molecule has 0 radical (unpaired) electrons. The van der Waals surface area contributed by atoms with Crippen LogP contribution in [-0.2, 0) is 4.57 Å². The van der Waals surface area contributed by atoms with Gasteiger partial charge in [-0.05, 0) is 23.0 Å². The molecule has 6 nitrogen and oxygen atoms in total. The summed E-state index contributed by atoms with van der Waals surface area (Å²) in [4.78, 5) is 29.4. The highest BCUT2D eigenvalue weighted by Gasteiger charge is 2.18. The van der Waals surface area contributed by atoms with Crippen molar-refractivity contribution in [2.45, 2.75) is 39.5 Å². The second-order valence-electron chi connectivity index (χ2n) is 5.57. The van der Waals surface area contributed by atoms with Gasteiger partial charge in [-0.1, -0.05) is 45.9 Å². The first-order valence-electron chi connectivity index (χ1n) is 6.84. The van der Waals surface area contributed by atoms with Crippen molar-refractivity contribution in [1.29, 1.82) is 0 Å². The highest BCUT2D eigenvalue weighted by atomic mass is 31.2. The third-order valence-electron chi connectivity index (χ3n) is 3.06. The Balaban J connectivity index is 3.00. The molecule has 0 aromatic heterocycles. The zero-order valence-corrected chi connectivity index (χ0v) is 13.6. The molecule has 0 aliphatic heterocycles. The summed E-state index contributed by atoms with van der Waals surface area (Å²) >= 11 is 0. The Morgan fingerprint density at radius 3 is 2.00 bits per heavy atom. The summed E-state index contributed by atoms with van der Waals surface area (Å²) in [5.74, 6) is 0.446. The first-order chi connectivity index (χ1) is 9.61. The van der Waals surface area contributed by atoms with Gasteiger partial charge in [0.05, 0.1) is 0 Å². The third kappa shape index (κ3) is 5.50. The second-order valence-corrected chi connectivity index (χ2v) is 7.22. The molecule has 2 amide bonds. The molecule has 0 fully saturated rings. The van der Waals surface area contributed by atoms with E-state index in [1.54, 1.807) is 0 Å². The van der Waals surface area contributed by atoms with Crippen molar-refractivity contribution in [3.05, 3.63) is 29.3 Å². The summed E-state index contributed by atoms with van der Waals surface area (Å²) in [6.45, 7) is 8.10. The zero-order valence-electron chi connectivity index (χ0n) is 12.8. The van der Waals surface area contributed by atoms with E-state index < -0.39 is 19.9 Å². The molecule has 0 atom stereocenters. The number of urea groups is 1. The number of hydrogen-bond acceptors (Lipinski definition) is 2. The van der Waals surface area contributed by atoms with Crippen molar-refractivity contribution < 1.29 is 19.1 Å². The molecule has 0 bridgehead atoms. The van der Waals surface area contributed by atoms with E-state index in [4.69, 9.17) is 9.79 Å². The predicted molar refractivity (Wildman–Crippen MR) is 83.7 cm³/mol. The maximum atomic E-state index is 11.8. The van der Waals surface area contributed by atoms with E-state index in [-0.39, 0.29) is 11.8 Å². The summed E-state index contributed by atoms with van der Waals surface area (Å²) < 4.78 is 10.8. The van der Waals surface area contributed by atoms with Gasteiger partial charge in [0.2, 0.25) is 0 Å². The number of amides is 2. The predicted octanol–water partition coefficient (Wildman–Crippen LogP) is 3.19. The normalized spacial score (nSPS) is 11.8. The third-order valence-corrected chi connectivity index (χ3v) is 3.63. The van der Waals surface area contributed by atoms with Crippen LogP contribution in [-0.4, -0.2) is 22.1 Å². The molecule has 21 heavy (non-hydrogen) atoms. The van der Waals surface area contributed by atoms with E-state index in [9.17, 15) is 9.36 Å². The number of benzene rings is 1. The van der Waals surface area contributed by atoms with Crippen molar-refractivity contribution in [1.82, 2.24) is 5.32 Å². The molecule has 1 rings (SSSR count). The lowest BCUT2D eigenvalue weighted by molar-refractivity contribution is 0.252. The van der Waals surface area contributed by atoms with E-state index in [0.717, 1.165) is 11.1 Å². The van der Waals surface area contributed by atoms with Crippen LogP contribution in [0.2, 0.25) is 0 Å². The minimum absolute atomic E-state index is 0.223. The van der Waals surface area contributed by atoms with E-state index in [0.29, 0.717) is 5.69 Å². The number of para-hydroxylation sites is 1. The molecule has 1 aromatic rings. The Kier molecular flexibility index (Phi) is 5.96. The summed E-state index contributed by atoms with van der Waals surface area (Å²) in [7, 11) is -4.26. The van der Waals surface area contributed by atoms with Crippen LogP contribution in [0.25, 0.3) is 0 Å². The van der Waals surface area contributed by atoms with E-state index >= 15 is 0 Å². The van der Waals surface area contributed by atoms with Crippen LogP contribution in [0.1, 0.15) is 50.7 Å². The average Bonchev–Trinajstić information content (AvgIpc) is 2.35. The molecular formula is C14H23N2O4P. The van der Waals surface area contributed by atoms with Crippen LogP contribution < -0.4 is 10.6 Å². The van der Waals surface area contributed by atoms with Gasteiger partial charge in [-0.3, -0.25) is 4.57 Å². The monoisotopic (exact) mass is 314 g/mol. The van der Waals surface area contributed by atoms with Crippen molar-refractivity contribution >= 4 is 19.3 Å². The minimum atomic E-state index is -4.26. The summed E-state index contributed by atoms with van der Waals surface area (Å²) in [5.41, 5.74) is 2.70. The Bertz CT molecular complexity index is 526. The van der Waals surface area contributed by atoms with Crippen molar-refractivity contribution in [3.8, 4) is 0 Å². The number of hydrogen-bond donors (Lipinski definition) is 4. The Morgan fingerprint density at radius 1 is 1.14 bits per heavy atom. The molecular weight excluding hydrogens is 291 g/mol. The lowest BCUT2D eigenvalue weighted by atomic mass is 9.93. The van der Waals surface area contributed by atoms with E-state index in [1.165, 1.54) is 0 Å². The molecule has 0 aliphatic rings. The summed E-state index contributed by atoms with van der Waals surface area (Å²) in [6, 6.07) is 5.21. The Labute approximate surface area is 125 Å². The smallest absolute Gasteiger partial charge is 0.326 e. The van der Waals surface area contributed by atoms with Gasteiger partial charge in [-0.2, -0.15) is 0 Å². The molecule has 0 saturated carbocycles. The van der Waals surface area contributed by atoms with Gasteiger partial charge < -0.3 is 20.4 Å². The maximum Gasteiger partial charge on any atom is 0.344 e. The first kappa shape index (κ1) is 17.7. The van der Waals surface area contributed by atoms with Crippen molar-refractivity contribution in [2.24, 2.45) is 0 Å². The lowest BCUT2D eigenvalue weighted by Crippen LogP contribution is -2.30. The van der Waals surface area contributed by atoms with E-state index in [2.05, 4.69) is 10.6 Å². The molecule has 0 spiro atoms. The number of carbonyl (C=O) groups excluding carboxylic acids is 1. The molecule has 0 aliphatic carbocycles. The van der Waals surface area contributed by atoms with Gasteiger partial charge in [0.25, 0.3) is 0 Å². The fourth-order valence-corrected chi connectivity index (χ4v) is 2.38. The molecule has 7 heteroatoms. The zero-order chi connectivity index (χ0) is 16.2. The minimum Gasteiger partial charge on any atom is -0.326 e. The fourth-order valence-electron chi connectivity index (χ4n) is 2.03. The molecule has 0 saturated heterocycles. The number of anilines is 1. The van der Waals surface area contributed by atoms with Gasteiger partial charge in [0.15, 0.2) is 0 Å². The van der Waals surface area contributed by atoms with Crippen LogP contribution in [0.3, 0.4) is 0 Å². The standard InChI is InChI=1S/C14H23N2O4P/c1-9(2)11-6-5-7-12(10(3)4)13(11)16-14(17)15-8-21(18,19)20/h5-7,9-10H,8H2,1-4H3,(H2,15,16,17)(H2,18,19,20). The van der Waals surface area contributed by atoms with Crippen LogP contribution in [0.15, 0.2) is 18.2 Å². The molecule has 0 heterocycles.